The maximum Gasteiger partial charge on any atom is 0.311 e. The number of carbonyl (C=O) groups is 6. The summed E-state index contributed by atoms with van der Waals surface area (Å²) in [6.07, 6.45) is -22.0. The van der Waals surface area contributed by atoms with Gasteiger partial charge in [0.25, 0.3) is 6.47 Å². The molecule has 73 heavy (non-hydrogen) atoms. The van der Waals surface area contributed by atoms with Gasteiger partial charge in [-0.3, -0.25) is 28.8 Å². The van der Waals surface area contributed by atoms with Gasteiger partial charge in [0.05, 0.1) is 18.3 Å². The van der Waals surface area contributed by atoms with Crippen molar-refractivity contribution in [3.05, 3.63) is 30.3 Å². The molecule has 412 valence electrons. The molecule has 9 N–H and O–H groups in total. The van der Waals surface area contributed by atoms with Crippen LogP contribution < -0.4 is 20.7 Å². The predicted molar refractivity (Wildman–Crippen MR) is 247 cm³/mol. The molecule has 8 unspecified atom stereocenters. The Hall–Kier alpha value is -4.32. The average Bonchev–Trinajstić information content (AvgIpc) is 3.33. The molecule has 1 aromatic carbocycles. The number of hydrogen-bond donors (Lipinski definition) is 9. The van der Waals surface area contributed by atoms with Gasteiger partial charge in [0.2, 0.25) is 24.0 Å². The van der Waals surface area contributed by atoms with Gasteiger partial charge in [-0.05, 0) is 58.6 Å². The van der Waals surface area contributed by atoms with Crippen LogP contribution in [0.15, 0.2) is 30.3 Å². The maximum absolute atomic E-state index is 12.9. The van der Waals surface area contributed by atoms with E-state index < -0.39 is 141 Å². The number of benzene rings is 1. The van der Waals surface area contributed by atoms with E-state index in [0.717, 1.165) is 20.3 Å². The number of rotatable bonds is 25. The smallest absolute Gasteiger partial charge is 0.311 e. The first-order valence-corrected chi connectivity index (χ1v) is 24.7. The quantitative estimate of drug-likeness (QED) is 0.0236. The maximum atomic E-state index is 12.9. The Bertz CT molecular complexity index is 1940. The largest absolute Gasteiger partial charge is 0.435 e. The second kappa shape index (κ2) is 28.5. The number of para-hydroxylation sites is 1. The molecule has 4 saturated heterocycles. The fraction of sp³-hybridized carbons (Fsp3) is 0.750. The molecule has 0 aliphatic carbocycles. The lowest BCUT2D eigenvalue weighted by Gasteiger charge is -2.50. The van der Waals surface area contributed by atoms with E-state index in [-0.39, 0.29) is 31.3 Å². The molecule has 0 radical (unpaired) electrons. The third-order valence-corrected chi connectivity index (χ3v) is 12.8. The Morgan fingerprint density at radius 2 is 1.00 bits per heavy atom. The van der Waals surface area contributed by atoms with Crippen LogP contribution in [-0.4, -0.2) is 196 Å². The number of Topliss-reactive ketones (excluding diaryl/α,β-unsaturated/α-hetero) is 1. The summed E-state index contributed by atoms with van der Waals surface area (Å²) in [6, 6.07) is 4.61. The van der Waals surface area contributed by atoms with Crippen molar-refractivity contribution in [1.82, 2.24) is 16.0 Å². The molecule has 0 saturated carbocycles. The second-order valence-electron chi connectivity index (χ2n) is 18.7. The molecule has 25 nitrogen and oxygen atoms in total. The van der Waals surface area contributed by atoms with Gasteiger partial charge in [0.1, 0.15) is 84.6 Å². The summed E-state index contributed by atoms with van der Waals surface area (Å²) < 4.78 is 58.7. The van der Waals surface area contributed by atoms with Crippen molar-refractivity contribution in [1.29, 1.82) is 0 Å². The highest BCUT2D eigenvalue weighted by Crippen LogP contribution is 2.35. The number of unbranched alkanes of at least 4 members (excludes halogenated alkanes) is 4. The topological polar surface area (TPSA) is 352 Å². The van der Waals surface area contributed by atoms with Crippen LogP contribution in [0.2, 0.25) is 0 Å². The molecule has 4 aliphatic rings. The first-order valence-electron chi connectivity index (χ1n) is 24.7. The first kappa shape index (κ1) is 59.6. The van der Waals surface area contributed by atoms with Crippen LogP contribution >= 0.6 is 0 Å². The van der Waals surface area contributed by atoms with Crippen LogP contribution in [0, 0.1) is 0 Å². The van der Waals surface area contributed by atoms with Gasteiger partial charge in [-0.2, -0.15) is 0 Å². The minimum Gasteiger partial charge on any atom is -0.435 e. The number of carbonyl (C=O) groups excluding carboxylic acids is 6. The Morgan fingerprint density at radius 1 is 0.521 bits per heavy atom. The zero-order valence-electron chi connectivity index (χ0n) is 41.8. The van der Waals surface area contributed by atoms with E-state index in [1.807, 2.05) is 6.07 Å². The molecule has 4 aliphatic heterocycles. The van der Waals surface area contributed by atoms with Crippen LogP contribution in [0.1, 0.15) is 99.3 Å². The van der Waals surface area contributed by atoms with E-state index in [2.05, 4.69) is 16.0 Å². The van der Waals surface area contributed by atoms with Crippen molar-refractivity contribution < 1.29 is 107 Å². The van der Waals surface area contributed by atoms with Gasteiger partial charge in [-0.25, -0.2) is 0 Å². The number of aliphatic hydroxyl groups is 6. The highest BCUT2D eigenvalue weighted by Gasteiger charge is 2.56. The molecular weight excluding hydrogens is 971 g/mol. The van der Waals surface area contributed by atoms with E-state index in [1.54, 1.807) is 31.2 Å². The highest BCUT2D eigenvalue weighted by molar-refractivity contribution is 5.78. The molecule has 0 spiro atoms. The monoisotopic (exact) mass is 1040 g/mol. The summed E-state index contributed by atoms with van der Waals surface area (Å²) in [5.74, 6) is -1.67. The van der Waals surface area contributed by atoms with Crippen LogP contribution in [-0.2, 0) is 71.4 Å². The number of ether oxygens (including phenoxy) is 10. The average molecular weight is 1040 g/mol. The summed E-state index contributed by atoms with van der Waals surface area (Å²) in [6.45, 7) is 7.95. The second-order valence-corrected chi connectivity index (χ2v) is 18.7. The zero-order chi connectivity index (χ0) is 53.5. The Balaban J connectivity index is 1.24. The summed E-state index contributed by atoms with van der Waals surface area (Å²) in [5, 5.41) is 74.8. The van der Waals surface area contributed by atoms with Crippen molar-refractivity contribution in [3.8, 4) is 5.75 Å². The van der Waals surface area contributed by atoms with Crippen LogP contribution in [0.4, 0.5) is 0 Å². The number of aliphatic hydroxyl groups excluding tert-OH is 6. The molecule has 0 bridgehead atoms. The summed E-state index contributed by atoms with van der Waals surface area (Å²) in [4.78, 5) is 73.7. The van der Waals surface area contributed by atoms with Gasteiger partial charge in [-0.15, -0.1) is 0 Å². The third-order valence-electron chi connectivity index (χ3n) is 12.8. The molecule has 1 aromatic rings. The lowest BCUT2D eigenvalue weighted by molar-refractivity contribution is -0.393. The SMILES string of the molecule is CC(=O)NC1[C@H](OC2[C@H](O[C@@H]3C(NC(C)=O)[C@H](O[C@@H]4C(NC(C)=O)[C@H](OCCCCCCC(=O)CCCCC(=O)Oc5ccccc5)OC(C)[C@@H]4O)OC(C)[C@H]3O)OC(OC=O)[C@@H](O)[C@@H]2O)OC(C)[C@@H](O)[C@@H]1O. The summed E-state index contributed by atoms with van der Waals surface area (Å²) in [7, 11) is 0. The van der Waals surface area contributed by atoms with Gasteiger partial charge in [0, 0.05) is 46.6 Å². The van der Waals surface area contributed by atoms with Gasteiger partial charge >= 0.3 is 5.97 Å². The lowest BCUT2D eigenvalue weighted by Crippen LogP contribution is -2.70. The van der Waals surface area contributed by atoms with E-state index in [0.29, 0.717) is 50.7 Å². The molecule has 25 heteroatoms. The third kappa shape index (κ3) is 16.8. The fourth-order valence-electron chi connectivity index (χ4n) is 8.97. The van der Waals surface area contributed by atoms with E-state index >= 15 is 0 Å². The predicted octanol–water partition coefficient (Wildman–Crippen LogP) is -1.39. The minimum atomic E-state index is -2.03. The molecule has 0 aromatic heterocycles. The summed E-state index contributed by atoms with van der Waals surface area (Å²) >= 11 is 0. The van der Waals surface area contributed by atoms with E-state index in [9.17, 15) is 59.4 Å². The number of amides is 3. The Labute approximate surface area is 422 Å². The molecule has 4 fully saturated rings. The Morgan fingerprint density at radius 3 is 1.59 bits per heavy atom. The van der Waals surface area contributed by atoms with Crippen LogP contribution in [0.5, 0.6) is 5.75 Å². The standard InChI is InChI=1S/C48H73N3O22/c1-23-35(58)38(61)32(49-26(4)53)45(67-23)72-43-39(62)40(63)47(65-22-52)73-48(43)71-42-34(51-28(6)55)46(68-25(3)37(42)60)70-41-33(50-27(5)54)44(66-24(2)36(41)59)64-21-15-8-7-10-16-29(56)17-13-14-20-31(57)69-30-18-11-9-12-19-30/h9,11-12,18-19,22-25,32-48,58-63H,7-8,10,13-17,20-21H2,1-6H3,(H,49,53)(H,50,54)(H,51,55)/t23?,24?,25?,32?,33?,34?,35-,36+,37-,38-,39+,40+,41-,42-,43?,44-,45+,46+,47?,48-/m1/s1. The van der Waals surface area contributed by atoms with E-state index in [1.165, 1.54) is 20.8 Å². The van der Waals surface area contributed by atoms with Crippen molar-refractivity contribution in [3.63, 3.8) is 0 Å². The van der Waals surface area contributed by atoms with Crippen molar-refractivity contribution in [2.24, 2.45) is 0 Å². The number of ketones is 1. The molecule has 20 atom stereocenters. The van der Waals surface area contributed by atoms with Crippen molar-refractivity contribution in [2.45, 2.75) is 222 Å². The minimum absolute atomic E-state index is 0.0697. The molecule has 5 rings (SSSR count). The van der Waals surface area contributed by atoms with Crippen LogP contribution in [0.3, 0.4) is 0 Å². The normalized spacial score (nSPS) is 36.5. The van der Waals surface area contributed by atoms with Crippen LogP contribution in [0.25, 0.3) is 0 Å². The number of nitrogens with one attached hydrogen (secondary N) is 3. The molecule has 4 heterocycles. The van der Waals surface area contributed by atoms with Crippen molar-refractivity contribution in [2.75, 3.05) is 6.61 Å². The molecular formula is C48H73N3O22. The lowest BCUT2D eigenvalue weighted by atomic mass is 9.94. The first-order chi connectivity index (χ1) is 34.7. The van der Waals surface area contributed by atoms with Gasteiger partial charge in [0.15, 0.2) is 25.2 Å². The number of hydrogen-bond acceptors (Lipinski definition) is 22. The Kier molecular flexibility index (Phi) is 23.3. The molecule has 3 amide bonds. The van der Waals surface area contributed by atoms with Crippen molar-refractivity contribution >= 4 is 35.9 Å². The zero-order valence-corrected chi connectivity index (χ0v) is 41.8. The summed E-state index contributed by atoms with van der Waals surface area (Å²) in [5.41, 5.74) is 0. The fourth-order valence-corrected chi connectivity index (χ4v) is 8.97. The van der Waals surface area contributed by atoms with Gasteiger partial charge < -0.3 is 94.0 Å². The van der Waals surface area contributed by atoms with Gasteiger partial charge in [-0.1, -0.05) is 31.0 Å². The number of esters is 1. The van der Waals surface area contributed by atoms with E-state index in [4.69, 9.17) is 47.4 Å². The highest BCUT2D eigenvalue weighted by atomic mass is 16.8.